The molecule has 1 aromatic heterocycles. The molecule has 100 valence electrons. The quantitative estimate of drug-likeness (QED) is 0.850. The van der Waals surface area contributed by atoms with Crippen LogP contribution < -0.4 is 0 Å². The molecule has 1 aromatic rings. The van der Waals surface area contributed by atoms with Crippen LogP contribution in [0.15, 0.2) is 21.6 Å². The third-order valence-corrected chi connectivity index (χ3v) is 4.35. The van der Waals surface area contributed by atoms with E-state index in [1.165, 1.54) is 25.0 Å². The van der Waals surface area contributed by atoms with Crippen molar-refractivity contribution in [2.24, 2.45) is 0 Å². The van der Waals surface area contributed by atoms with Crippen molar-refractivity contribution in [1.82, 2.24) is 4.90 Å². The molecular formula is C12H17NO4S. The van der Waals surface area contributed by atoms with Crippen molar-refractivity contribution in [2.45, 2.75) is 24.4 Å². The van der Waals surface area contributed by atoms with E-state index >= 15 is 0 Å². The van der Waals surface area contributed by atoms with Crippen LogP contribution in [0.25, 0.3) is 0 Å². The van der Waals surface area contributed by atoms with Gasteiger partial charge in [0.1, 0.15) is 0 Å². The third kappa shape index (κ3) is 3.43. The molecule has 2 rings (SSSR count). The van der Waals surface area contributed by atoms with Crippen LogP contribution in [0.4, 0.5) is 0 Å². The minimum absolute atomic E-state index is 0.155. The summed E-state index contributed by atoms with van der Waals surface area (Å²) in [4.78, 5) is 13.0. The minimum atomic E-state index is -1.24. The number of rotatable bonds is 6. The monoisotopic (exact) mass is 271 g/mol. The SMILES string of the molecule is O=C(O)c1ccc(S(=O)CCCN2CCCC2)o1. The molecule has 2 heterocycles. The highest BCUT2D eigenvalue weighted by Gasteiger charge is 2.15. The molecule has 1 N–H and O–H groups in total. The molecule has 1 aliphatic rings. The van der Waals surface area contributed by atoms with Crippen LogP contribution >= 0.6 is 0 Å². The summed E-state index contributed by atoms with van der Waals surface area (Å²) in [5, 5.41) is 8.96. The molecule has 0 radical (unpaired) electrons. The van der Waals surface area contributed by atoms with E-state index < -0.39 is 16.8 Å². The lowest BCUT2D eigenvalue weighted by atomic mass is 10.4. The van der Waals surface area contributed by atoms with Gasteiger partial charge in [0.25, 0.3) is 0 Å². The molecule has 0 aliphatic carbocycles. The molecule has 0 spiro atoms. The fourth-order valence-corrected chi connectivity index (χ4v) is 3.08. The number of carboxylic acids is 1. The zero-order valence-corrected chi connectivity index (χ0v) is 10.9. The second-order valence-electron chi connectivity index (χ2n) is 4.38. The van der Waals surface area contributed by atoms with Gasteiger partial charge in [0, 0.05) is 5.75 Å². The number of carbonyl (C=O) groups is 1. The summed E-state index contributed by atoms with van der Waals surface area (Å²) in [6.07, 6.45) is 3.35. The van der Waals surface area contributed by atoms with Gasteiger partial charge in [-0.25, -0.2) is 4.79 Å². The van der Waals surface area contributed by atoms with E-state index in [2.05, 4.69) is 4.90 Å². The number of hydrogen-bond acceptors (Lipinski definition) is 4. The van der Waals surface area contributed by atoms with E-state index in [9.17, 15) is 9.00 Å². The molecule has 0 saturated carbocycles. The maximum Gasteiger partial charge on any atom is 0.371 e. The van der Waals surface area contributed by atoms with Crippen molar-refractivity contribution >= 4 is 16.8 Å². The van der Waals surface area contributed by atoms with Crippen LogP contribution in [0.3, 0.4) is 0 Å². The van der Waals surface area contributed by atoms with E-state index in [1.807, 2.05) is 0 Å². The van der Waals surface area contributed by atoms with Gasteiger partial charge in [-0.15, -0.1) is 0 Å². The van der Waals surface area contributed by atoms with E-state index in [-0.39, 0.29) is 10.9 Å². The van der Waals surface area contributed by atoms with Gasteiger partial charge in [-0.3, -0.25) is 4.21 Å². The Morgan fingerprint density at radius 1 is 1.39 bits per heavy atom. The van der Waals surface area contributed by atoms with Crippen molar-refractivity contribution in [1.29, 1.82) is 0 Å². The Bertz CT molecular complexity index is 437. The lowest BCUT2D eigenvalue weighted by Crippen LogP contribution is -2.21. The van der Waals surface area contributed by atoms with Crippen molar-refractivity contribution in [3.05, 3.63) is 17.9 Å². The number of nitrogens with zero attached hydrogens (tertiary/aromatic N) is 1. The van der Waals surface area contributed by atoms with Gasteiger partial charge in [0.2, 0.25) is 5.76 Å². The summed E-state index contributed by atoms with van der Waals surface area (Å²) < 4.78 is 16.9. The van der Waals surface area contributed by atoms with Gasteiger partial charge in [0.05, 0.1) is 10.8 Å². The number of furan rings is 1. The molecule has 1 atom stereocenters. The number of aromatic carboxylic acids is 1. The smallest absolute Gasteiger partial charge is 0.371 e. The Hall–Kier alpha value is -1.14. The number of likely N-dealkylation sites (tertiary alicyclic amines) is 1. The Kier molecular flexibility index (Phi) is 4.54. The molecule has 6 heteroatoms. The van der Waals surface area contributed by atoms with Crippen molar-refractivity contribution < 1.29 is 18.5 Å². The molecule has 1 saturated heterocycles. The maximum atomic E-state index is 11.9. The number of hydrogen-bond donors (Lipinski definition) is 1. The largest absolute Gasteiger partial charge is 0.475 e. The van der Waals surface area contributed by atoms with Crippen molar-refractivity contribution in [3.63, 3.8) is 0 Å². The fourth-order valence-electron chi connectivity index (χ4n) is 2.08. The highest BCUT2D eigenvalue weighted by Crippen LogP contribution is 2.14. The van der Waals surface area contributed by atoms with Crippen molar-refractivity contribution in [2.75, 3.05) is 25.4 Å². The molecule has 0 amide bonds. The van der Waals surface area contributed by atoms with Crippen molar-refractivity contribution in [3.8, 4) is 0 Å². The van der Waals surface area contributed by atoms with Gasteiger partial charge < -0.3 is 14.4 Å². The van der Waals surface area contributed by atoms with Gasteiger partial charge in [-0.05, 0) is 51.0 Å². The first-order chi connectivity index (χ1) is 8.66. The minimum Gasteiger partial charge on any atom is -0.475 e. The van der Waals surface area contributed by atoms with Gasteiger partial charge in [0.15, 0.2) is 5.09 Å². The van der Waals surface area contributed by atoms with E-state index in [0.29, 0.717) is 5.75 Å². The van der Waals surface area contributed by atoms with E-state index in [1.54, 1.807) is 0 Å². The summed E-state index contributed by atoms with van der Waals surface area (Å²) in [6, 6.07) is 2.82. The van der Waals surface area contributed by atoms with Crippen LogP contribution in [-0.4, -0.2) is 45.6 Å². The normalized spacial score (nSPS) is 18.0. The molecule has 18 heavy (non-hydrogen) atoms. The summed E-state index contributed by atoms with van der Waals surface area (Å²) in [6.45, 7) is 3.23. The Balaban J connectivity index is 1.77. The predicted molar refractivity (Wildman–Crippen MR) is 67.2 cm³/mol. The van der Waals surface area contributed by atoms with Gasteiger partial charge in [-0.2, -0.15) is 0 Å². The molecule has 1 unspecified atom stereocenters. The standard InChI is InChI=1S/C12H17NO4S/c14-12(15)10-4-5-11(17-10)18(16)9-3-8-13-6-1-2-7-13/h4-5H,1-3,6-9H2,(H,14,15). The zero-order chi connectivity index (χ0) is 13.0. The topological polar surface area (TPSA) is 70.8 Å². The van der Waals surface area contributed by atoms with Crippen LogP contribution in [-0.2, 0) is 10.8 Å². The first kappa shape index (κ1) is 13.3. The number of carboxylic acid groups (broad SMARTS) is 1. The Labute approximate surface area is 108 Å². The van der Waals surface area contributed by atoms with E-state index in [4.69, 9.17) is 9.52 Å². The van der Waals surface area contributed by atoms with E-state index in [0.717, 1.165) is 26.1 Å². The van der Waals surface area contributed by atoms with Crippen LogP contribution in [0, 0.1) is 0 Å². The highest BCUT2D eigenvalue weighted by molar-refractivity contribution is 7.84. The van der Waals surface area contributed by atoms with Crippen LogP contribution in [0.1, 0.15) is 29.8 Å². The van der Waals surface area contributed by atoms with Gasteiger partial charge >= 0.3 is 5.97 Å². The molecule has 1 fully saturated rings. The Morgan fingerprint density at radius 2 is 2.11 bits per heavy atom. The average molecular weight is 271 g/mol. The summed E-state index contributed by atoms with van der Waals surface area (Å²) >= 11 is 0. The molecule has 0 bridgehead atoms. The zero-order valence-electron chi connectivity index (χ0n) is 10.1. The first-order valence-corrected chi connectivity index (χ1v) is 7.42. The highest BCUT2D eigenvalue weighted by atomic mass is 32.2. The summed E-state index contributed by atoms with van der Waals surface area (Å²) in [5.41, 5.74) is 0. The van der Waals surface area contributed by atoms with Gasteiger partial charge in [-0.1, -0.05) is 0 Å². The van der Waals surface area contributed by atoms with Crippen LogP contribution in [0.2, 0.25) is 0 Å². The average Bonchev–Trinajstić information content (AvgIpc) is 2.99. The molecule has 5 nitrogen and oxygen atoms in total. The van der Waals surface area contributed by atoms with Crippen LogP contribution in [0.5, 0.6) is 0 Å². The maximum absolute atomic E-state index is 11.9. The predicted octanol–water partition coefficient (Wildman–Crippen LogP) is 1.57. The summed E-state index contributed by atoms with van der Waals surface area (Å²) in [5.74, 6) is -0.767. The lowest BCUT2D eigenvalue weighted by Gasteiger charge is -2.13. The second kappa shape index (κ2) is 6.15. The Morgan fingerprint density at radius 3 is 2.72 bits per heavy atom. The second-order valence-corrected chi connectivity index (χ2v) is 5.88. The summed E-state index contributed by atoms with van der Waals surface area (Å²) in [7, 11) is -1.24. The molecule has 1 aliphatic heterocycles. The third-order valence-electron chi connectivity index (χ3n) is 3.02. The molecule has 0 aromatic carbocycles. The lowest BCUT2D eigenvalue weighted by molar-refractivity contribution is 0.0656. The molecular weight excluding hydrogens is 254 g/mol. The fraction of sp³-hybridized carbons (Fsp3) is 0.583. The first-order valence-electron chi connectivity index (χ1n) is 6.10.